The molecule has 0 saturated carbocycles. The van der Waals surface area contributed by atoms with Gasteiger partial charge in [0.2, 0.25) is 0 Å². The second-order valence-corrected chi connectivity index (χ2v) is 4.49. The molecule has 1 atom stereocenters. The molecule has 0 aliphatic carbocycles. The lowest BCUT2D eigenvalue weighted by Gasteiger charge is -2.13. The summed E-state index contributed by atoms with van der Waals surface area (Å²) in [4.78, 5) is 4.44. The summed E-state index contributed by atoms with van der Waals surface area (Å²) in [6.45, 7) is 4.63. The van der Waals surface area contributed by atoms with Gasteiger partial charge in [-0.3, -0.25) is 0 Å². The molecule has 0 bridgehead atoms. The SMILES string of the molecule is CCc1nc(CC)n(CC(N)c2ccc(F)cc2)n1. The fourth-order valence-corrected chi connectivity index (χ4v) is 1.99. The van der Waals surface area contributed by atoms with E-state index in [1.54, 1.807) is 12.1 Å². The van der Waals surface area contributed by atoms with E-state index >= 15 is 0 Å². The standard InChI is InChI=1S/C14H19FN4/c1-3-13-17-14(4-2)19(18-13)9-12(16)10-5-7-11(15)8-6-10/h5-8,12H,3-4,9,16H2,1-2H3. The molecule has 0 spiro atoms. The minimum atomic E-state index is -0.251. The van der Waals surface area contributed by atoms with Crippen LogP contribution in [0.2, 0.25) is 0 Å². The van der Waals surface area contributed by atoms with Crippen LogP contribution < -0.4 is 5.73 Å². The van der Waals surface area contributed by atoms with Gasteiger partial charge in [0.1, 0.15) is 11.6 Å². The first-order valence-electron chi connectivity index (χ1n) is 6.57. The van der Waals surface area contributed by atoms with E-state index in [4.69, 9.17) is 5.73 Å². The van der Waals surface area contributed by atoms with Gasteiger partial charge < -0.3 is 5.73 Å². The number of nitrogens with two attached hydrogens (primary N) is 1. The Balaban J connectivity index is 2.15. The number of nitrogens with zero attached hydrogens (tertiary/aromatic N) is 3. The molecule has 0 aliphatic heterocycles. The molecule has 102 valence electrons. The molecule has 1 aromatic heterocycles. The molecule has 0 radical (unpaired) electrons. The van der Waals surface area contributed by atoms with Crippen molar-refractivity contribution in [3.63, 3.8) is 0 Å². The zero-order chi connectivity index (χ0) is 13.8. The molecular formula is C14H19FN4. The molecule has 0 fully saturated rings. The van der Waals surface area contributed by atoms with Crippen LogP contribution in [0.4, 0.5) is 4.39 Å². The Morgan fingerprint density at radius 3 is 2.47 bits per heavy atom. The summed E-state index contributed by atoms with van der Waals surface area (Å²) >= 11 is 0. The van der Waals surface area contributed by atoms with Gasteiger partial charge in [0.25, 0.3) is 0 Å². The molecule has 0 saturated heterocycles. The van der Waals surface area contributed by atoms with Crippen molar-refractivity contribution in [2.75, 3.05) is 0 Å². The Morgan fingerprint density at radius 1 is 1.21 bits per heavy atom. The topological polar surface area (TPSA) is 56.7 Å². The molecule has 1 unspecified atom stereocenters. The van der Waals surface area contributed by atoms with Gasteiger partial charge in [-0.1, -0.05) is 26.0 Å². The summed E-state index contributed by atoms with van der Waals surface area (Å²) in [5.74, 6) is 1.52. The van der Waals surface area contributed by atoms with E-state index in [-0.39, 0.29) is 11.9 Å². The van der Waals surface area contributed by atoms with Crippen molar-refractivity contribution in [3.05, 3.63) is 47.3 Å². The second-order valence-electron chi connectivity index (χ2n) is 4.49. The normalized spacial score (nSPS) is 12.6. The van der Waals surface area contributed by atoms with Crippen LogP contribution in [-0.4, -0.2) is 14.8 Å². The van der Waals surface area contributed by atoms with Crippen molar-refractivity contribution in [1.82, 2.24) is 14.8 Å². The lowest BCUT2D eigenvalue weighted by molar-refractivity contribution is 0.504. The lowest BCUT2D eigenvalue weighted by atomic mass is 10.1. The number of hydrogen-bond donors (Lipinski definition) is 1. The van der Waals surface area contributed by atoms with E-state index < -0.39 is 0 Å². The van der Waals surface area contributed by atoms with Crippen LogP contribution in [0.25, 0.3) is 0 Å². The fraction of sp³-hybridized carbons (Fsp3) is 0.429. The van der Waals surface area contributed by atoms with Crippen molar-refractivity contribution >= 4 is 0 Å². The fourth-order valence-electron chi connectivity index (χ4n) is 1.99. The third kappa shape index (κ3) is 3.17. The van der Waals surface area contributed by atoms with Crippen molar-refractivity contribution in [3.8, 4) is 0 Å². The number of aromatic nitrogens is 3. The lowest BCUT2D eigenvalue weighted by Crippen LogP contribution is -2.20. The molecule has 0 aliphatic rings. The van der Waals surface area contributed by atoms with E-state index in [1.807, 2.05) is 18.5 Å². The quantitative estimate of drug-likeness (QED) is 0.899. The zero-order valence-corrected chi connectivity index (χ0v) is 11.3. The number of aryl methyl sites for hydroxylation is 2. The highest BCUT2D eigenvalue weighted by molar-refractivity contribution is 5.19. The van der Waals surface area contributed by atoms with Crippen molar-refractivity contribution in [2.24, 2.45) is 5.73 Å². The monoisotopic (exact) mass is 262 g/mol. The third-order valence-electron chi connectivity index (χ3n) is 3.09. The summed E-state index contributed by atoms with van der Waals surface area (Å²) < 4.78 is 14.7. The number of hydrogen-bond acceptors (Lipinski definition) is 3. The Bertz CT molecular complexity index is 533. The summed E-state index contributed by atoms with van der Waals surface area (Å²) in [5, 5.41) is 4.43. The van der Waals surface area contributed by atoms with Gasteiger partial charge in [0.05, 0.1) is 6.54 Å². The summed E-state index contributed by atoms with van der Waals surface area (Å²) in [6.07, 6.45) is 1.63. The Kier molecular flexibility index (Phi) is 4.27. The van der Waals surface area contributed by atoms with E-state index in [2.05, 4.69) is 10.1 Å². The Hall–Kier alpha value is -1.75. The minimum absolute atomic E-state index is 0.211. The maximum atomic E-state index is 12.9. The van der Waals surface area contributed by atoms with Gasteiger partial charge in [-0.2, -0.15) is 5.10 Å². The Morgan fingerprint density at radius 2 is 1.89 bits per heavy atom. The molecule has 1 heterocycles. The predicted molar refractivity (Wildman–Crippen MR) is 72.1 cm³/mol. The van der Waals surface area contributed by atoms with E-state index in [0.717, 1.165) is 30.1 Å². The molecule has 2 N–H and O–H groups in total. The van der Waals surface area contributed by atoms with Crippen LogP contribution in [-0.2, 0) is 19.4 Å². The summed E-state index contributed by atoms with van der Waals surface area (Å²) in [6, 6.07) is 6.06. The summed E-state index contributed by atoms with van der Waals surface area (Å²) in [5.41, 5.74) is 7.04. The highest BCUT2D eigenvalue weighted by Gasteiger charge is 2.12. The zero-order valence-electron chi connectivity index (χ0n) is 11.3. The van der Waals surface area contributed by atoms with E-state index in [9.17, 15) is 4.39 Å². The molecule has 4 nitrogen and oxygen atoms in total. The highest BCUT2D eigenvalue weighted by atomic mass is 19.1. The van der Waals surface area contributed by atoms with Gasteiger partial charge in [-0.25, -0.2) is 14.1 Å². The molecule has 2 aromatic rings. The molecule has 5 heteroatoms. The number of benzene rings is 1. The minimum Gasteiger partial charge on any atom is -0.322 e. The summed E-state index contributed by atoms with van der Waals surface area (Å²) in [7, 11) is 0. The second kappa shape index (κ2) is 5.93. The Labute approximate surface area is 112 Å². The van der Waals surface area contributed by atoms with Crippen LogP contribution in [0.1, 0.15) is 37.1 Å². The first-order valence-corrected chi connectivity index (χ1v) is 6.57. The highest BCUT2D eigenvalue weighted by Crippen LogP contribution is 2.14. The molecule has 1 aromatic carbocycles. The van der Waals surface area contributed by atoms with E-state index in [1.165, 1.54) is 12.1 Å². The average Bonchev–Trinajstić information content (AvgIpc) is 2.81. The van der Waals surface area contributed by atoms with Crippen molar-refractivity contribution < 1.29 is 4.39 Å². The van der Waals surface area contributed by atoms with Gasteiger partial charge >= 0.3 is 0 Å². The van der Waals surface area contributed by atoms with Crippen LogP contribution >= 0.6 is 0 Å². The number of halogens is 1. The smallest absolute Gasteiger partial charge is 0.150 e. The van der Waals surface area contributed by atoms with Crippen LogP contribution in [0.15, 0.2) is 24.3 Å². The third-order valence-corrected chi connectivity index (χ3v) is 3.09. The maximum absolute atomic E-state index is 12.9. The van der Waals surface area contributed by atoms with E-state index in [0.29, 0.717) is 6.54 Å². The first kappa shape index (κ1) is 13.7. The maximum Gasteiger partial charge on any atom is 0.150 e. The predicted octanol–water partition coefficient (Wildman–Crippen LogP) is 2.24. The van der Waals surface area contributed by atoms with Gasteiger partial charge in [0, 0.05) is 18.9 Å². The number of rotatable bonds is 5. The van der Waals surface area contributed by atoms with Gasteiger partial charge in [0.15, 0.2) is 5.82 Å². The largest absolute Gasteiger partial charge is 0.322 e. The molecule has 19 heavy (non-hydrogen) atoms. The van der Waals surface area contributed by atoms with Crippen LogP contribution in [0, 0.1) is 5.82 Å². The first-order chi connectivity index (χ1) is 9.13. The van der Waals surface area contributed by atoms with Gasteiger partial charge in [-0.05, 0) is 17.7 Å². The van der Waals surface area contributed by atoms with Gasteiger partial charge in [-0.15, -0.1) is 0 Å². The molecule has 2 rings (SSSR count). The van der Waals surface area contributed by atoms with Crippen molar-refractivity contribution in [2.45, 2.75) is 39.3 Å². The van der Waals surface area contributed by atoms with Crippen molar-refractivity contribution in [1.29, 1.82) is 0 Å². The van der Waals surface area contributed by atoms with Crippen LogP contribution in [0.5, 0.6) is 0 Å². The molecular weight excluding hydrogens is 243 g/mol. The van der Waals surface area contributed by atoms with Crippen LogP contribution in [0.3, 0.4) is 0 Å². The average molecular weight is 262 g/mol. The molecule has 0 amide bonds.